The normalized spacial score (nSPS) is 14.5. The van der Waals surface area contributed by atoms with E-state index in [4.69, 9.17) is 4.74 Å². The fraction of sp³-hybridized carbons (Fsp3) is 0.368. The van der Waals surface area contributed by atoms with Gasteiger partial charge in [0.05, 0.1) is 12.2 Å². The molecule has 0 radical (unpaired) electrons. The molecule has 0 aliphatic heterocycles. The molecule has 1 aliphatic carbocycles. The van der Waals surface area contributed by atoms with Gasteiger partial charge in [-0.3, -0.25) is 4.79 Å². The van der Waals surface area contributed by atoms with Crippen molar-refractivity contribution >= 4 is 28.2 Å². The maximum atomic E-state index is 12.5. The smallest absolute Gasteiger partial charge is 0.341 e. The van der Waals surface area contributed by atoms with E-state index >= 15 is 0 Å². The molecule has 0 spiro atoms. The molecule has 1 fully saturated rings. The minimum absolute atomic E-state index is 0.207. The molecule has 0 saturated heterocycles. The van der Waals surface area contributed by atoms with Gasteiger partial charge in [-0.25, -0.2) is 4.79 Å². The number of ether oxygens (including phenoxy) is 1. The van der Waals surface area contributed by atoms with E-state index in [1.807, 2.05) is 23.6 Å². The van der Waals surface area contributed by atoms with E-state index in [-0.39, 0.29) is 11.9 Å². The quantitative estimate of drug-likeness (QED) is 0.791. The Morgan fingerprint density at radius 2 is 1.92 bits per heavy atom. The third kappa shape index (κ3) is 3.51. The van der Waals surface area contributed by atoms with E-state index in [1.165, 1.54) is 24.2 Å². The lowest BCUT2D eigenvalue weighted by atomic mass is 9.96. The first kappa shape index (κ1) is 16.7. The van der Waals surface area contributed by atoms with Crippen molar-refractivity contribution in [3.63, 3.8) is 0 Å². The second-order valence-corrected chi connectivity index (χ2v) is 6.80. The highest BCUT2D eigenvalue weighted by Gasteiger charge is 2.28. The maximum Gasteiger partial charge on any atom is 0.341 e. The molecule has 126 valence electrons. The van der Waals surface area contributed by atoms with Gasteiger partial charge in [0.1, 0.15) is 5.00 Å². The number of carbonyl (C=O) groups excluding carboxylic acids is 2. The van der Waals surface area contributed by atoms with Crippen LogP contribution in [-0.2, 0) is 4.74 Å². The summed E-state index contributed by atoms with van der Waals surface area (Å²) in [6, 6.07) is 9.01. The second kappa shape index (κ2) is 7.62. The molecule has 1 aromatic carbocycles. The fourth-order valence-electron chi connectivity index (χ4n) is 3.18. The molecule has 0 atom stereocenters. The van der Waals surface area contributed by atoms with Crippen LogP contribution in [0.25, 0.3) is 0 Å². The molecule has 1 heterocycles. The van der Waals surface area contributed by atoms with Crippen LogP contribution in [0.2, 0.25) is 0 Å². The molecule has 3 rings (SSSR count). The van der Waals surface area contributed by atoms with Gasteiger partial charge in [-0.15, -0.1) is 11.3 Å². The molecule has 1 N–H and O–H groups in total. The summed E-state index contributed by atoms with van der Waals surface area (Å²) < 4.78 is 5.23. The Kier molecular flexibility index (Phi) is 5.30. The number of carbonyl (C=O) groups is 2. The SMILES string of the molecule is CCOC(=O)c1c(C2CCCC2)csc1NC(=O)c1ccccc1. The number of benzene rings is 1. The Morgan fingerprint density at radius 3 is 2.58 bits per heavy atom. The number of esters is 1. The van der Waals surface area contributed by atoms with Crippen LogP contribution in [0.15, 0.2) is 35.7 Å². The van der Waals surface area contributed by atoms with Crippen molar-refractivity contribution in [2.24, 2.45) is 0 Å². The Balaban J connectivity index is 1.89. The molecule has 5 heteroatoms. The lowest BCUT2D eigenvalue weighted by Gasteiger charge is -2.12. The van der Waals surface area contributed by atoms with Crippen LogP contribution in [-0.4, -0.2) is 18.5 Å². The highest BCUT2D eigenvalue weighted by molar-refractivity contribution is 7.15. The van der Waals surface area contributed by atoms with Gasteiger partial charge in [0.2, 0.25) is 0 Å². The lowest BCUT2D eigenvalue weighted by molar-refractivity contribution is 0.0526. The number of amides is 1. The summed E-state index contributed by atoms with van der Waals surface area (Å²) in [6.45, 7) is 2.12. The van der Waals surface area contributed by atoms with Gasteiger partial charge < -0.3 is 10.1 Å². The van der Waals surface area contributed by atoms with Crippen molar-refractivity contribution in [2.45, 2.75) is 38.5 Å². The molecule has 1 saturated carbocycles. The molecular formula is C19H21NO3S. The second-order valence-electron chi connectivity index (χ2n) is 5.92. The first-order valence-electron chi connectivity index (χ1n) is 8.35. The Morgan fingerprint density at radius 1 is 1.21 bits per heavy atom. The van der Waals surface area contributed by atoms with Gasteiger partial charge in [-0.1, -0.05) is 31.0 Å². The molecule has 24 heavy (non-hydrogen) atoms. The molecule has 4 nitrogen and oxygen atoms in total. The van der Waals surface area contributed by atoms with Gasteiger partial charge in [0.15, 0.2) is 0 Å². The summed E-state index contributed by atoms with van der Waals surface area (Å²) in [7, 11) is 0. The van der Waals surface area contributed by atoms with Crippen LogP contribution in [0.5, 0.6) is 0 Å². The fourth-order valence-corrected chi connectivity index (χ4v) is 4.20. The van der Waals surface area contributed by atoms with Gasteiger partial charge in [0.25, 0.3) is 5.91 Å². The molecule has 1 amide bonds. The standard InChI is InChI=1S/C19H21NO3S/c1-2-23-19(22)16-15(13-8-6-7-9-13)12-24-18(16)20-17(21)14-10-4-3-5-11-14/h3-5,10-13H,2,6-9H2,1H3,(H,20,21). The van der Waals surface area contributed by atoms with E-state index in [9.17, 15) is 9.59 Å². The van der Waals surface area contributed by atoms with Crippen molar-refractivity contribution in [1.29, 1.82) is 0 Å². The summed E-state index contributed by atoms with van der Waals surface area (Å²) in [5.41, 5.74) is 2.14. The molecule has 1 aliphatic rings. The monoisotopic (exact) mass is 343 g/mol. The summed E-state index contributed by atoms with van der Waals surface area (Å²) in [5.74, 6) is -0.159. The van der Waals surface area contributed by atoms with E-state index < -0.39 is 0 Å². The number of hydrogen-bond acceptors (Lipinski definition) is 4. The van der Waals surface area contributed by atoms with Crippen molar-refractivity contribution in [2.75, 3.05) is 11.9 Å². The molecule has 2 aromatic rings. The number of anilines is 1. The average molecular weight is 343 g/mol. The summed E-state index contributed by atoms with van der Waals surface area (Å²) in [4.78, 5) is 24.9. The molecule has 0 bridgehead atoms. The summed E-state index contributed by atoms with van der Waals surface area (Å²) in [6.07, 6.45) is 4.56. The third-order valence-corrected chi connectivity index (χ3v) is 5.27. The van der Waals surface area contributed by atoms with Gasteiger partial charge in [-0.05, 0) is 48.8 Å². The summed E-state index contributed by atoms with van der Waals surface area (Å²) in [5, 5.41) is 5.48. The van der Waals surface area contributed by atoms with Crippen LogP contribution < -0.4 is 5.32 Å². The van der Waals surface area contributed by atoms with E-state index in [0.29, 0.717) is 28.7 Å². The average Bonchev–Trinajstić information content (AvgIpc) is 3.25. The predicted molar refractivity (Wildman–Crippen MR) is 95.9 cm³/mol. The molecular weight excluding hydrogens is 322 g/mol. The Bertz CT molecular complexity index is 717. The molecule has 1 aromatic heterocycles. The van der Waals surface area contributed by atoms with Crippen LogP contribution in [0, 0.1) is 0 Å². The van der Waals surface area contributed by atoms with Gasteiger partial charge in [-0.2, -0.15) is 0 Å². The minimum Gasteiger partial charge on any atom is -0.462 e. The van der Waals surface area contributed by atoms with Crippen molar-refractivity contribution in [1.82, 2.24) is 0 Å². The highest BCUT2D eigenvalue weighted by Crippen LogP contribution is 2.41. The van der Waals surface area contributed by atoms with Crippen molar-refractivity contribution < 1.29 is 14.3 Å². The zero-order valence-electron chi connectivity index (χ0n) is 13.7. The van der Waals surface area contributed by atoms with Crippen LogP contribution in [0.1, 0.15) is 64.8 Å². The predicted octanol–water partition coefficient (Wildman–Crippen LogP) is 4.83. The van der Waals surface area contributed by atoms with Crippen LogP contribution in [0.3, 0.4) is 0 Å². The Hall–Kier alpha value is -2.14. The van der Waals surface area contributed by atoms with E-state index in [1.54, 1.807) is 19.1 Å². The van der Waals surface area contributed by atoms with Gasteiger partial charge >= 0.3 is 5.97 Å². The number of rotatable bonds is 5. The minimum atomic E-state index is -0.344. The first-order valence-corrected chi connectivity index (χ1v) is 9.23. The van der Waals surface area contributed by atoms with Crippen molar-refractivity contribution in [3.8, 4) is 0 Å². The number of thiophene rings is 1. The summed E-state index contributed by atoms with van der Waals surface area (Å²) >= 11 is 1.41. The topological polar surface area (TPSA) is 55.4 Å². The number of hydrogen-bond donors (Lipinski definition) is 1. The first-order chi connectivity index (χ1) is 11.7. The zero-order chi connectivity index (χ0) is 16.9. The highest BCUT2D eigenvalue weighted by atomic mass is 32.1. The zero-order valence-corrected chi connectivity index (χ0v) is 14.5. The maximum absolute atomic E-state index is 12.5. The van der Waals surface area contributed by atoms with E-state index in [0.717, 1.165) is 18.4 Å². The Labute approximate surface area is 145 Å². The van der Waals surface area contributed by atoms with Gasteiger partial charge in [0, 0.05) is 5.56 Å². The largest absolute Gasteiger partial charge is 0.462 e. The number of nitrogens with one attached hydrogen (secondary N) is 1. The van der Waals surface area contributed by atoms with Crippen LogP contribution >= 0.6 is 11.3 Å². The van der Waals surface area contributed by atoms with E-state index in [2.05, 4.69) is 5.32 Å². The van der Waals surface area contributed by atoms with Crippen molar-refractivity contribution in [3.05, 3.63) is 52.4 Å². The third-order valence-electron chi connectivity index (χ3n) is 4.36. The lowest BCUT2D eigenvalue weighted by Crippen LogP contribution is -2.15. The van der Waals surface area contributed by atoms with Crippen LogP contribution in [0.4, 0.5) is 5.00 Å². The molecule has 0 unspecified atom stereocenters.